The van der Waals surface area contributed by atoms with Gasteiger partial charge in [0.2, 0.25) is 0 Å². The van der Waals surface area contributed by atoms with Gasteiger partial charge in [0.25, 0.3) is 5.91 Å². The third-order valence-corrected chi connectivity index (χ3v) is 5.48. The minimum atomic E-state index is -0.193. The van der Waals surface area contributed by atoms with Gasteiger partial charge in [-0.15, -0.1) is 0 Å². The fourth-order valence-electron chi connectivity index (χ4n) is 3.70. The SMILES string of the molecule is CCN(CCCOC1=CC=C(F)CC=C1)C(=O)c1ccccc1C1=CC/C=C(/C#N)C/C=C\1. The largest absolute Gasteiger partial charge is 0.494 e. The van der Waals surface area contributed by atoms with E-state index in [0.717, 1.165) is 16.7 Å². The van der Waals surface area contributed by atoms with E-state index in [2.05, 4.69) is 12.1 Å². The molecule has 1 aromatic carbocycles. The lowest BCUT2D eigenvalue weighted by Crippen LogP contribution is -2.33. The number of benzene rings is 1. The Hall–Kier alpha value is -3.65. The Balaban J connectivity index is 1.66. The molecule has 33 heavy (non-hydrogen) atoms. The zero-order chi connectivity index (χ0) is 23.5. The molecule has 0 unspecified atom stereocenters. The molecular formula is C28H29FN2O2. The van der Waals surface area contributed by atoms with Gasteiger partial charge >= 0.3 is 0 Å². The van der Waals surface area contributed by atoms with Crippen LogP contribution in [0.25, 0.3) is 5.57 Å². The molecule has 2 aliphatic carbocycles. The minimum absolute atomic E-state index is 0.0173. The van der Waals surface area contributed by atoms with Crippen LogP contribution in [0.2, 0.25) is 0 Å². The molecule has 0 bridgehead atoms. The Morgan fingerprint density at radius 3 is 2.79 bits per heavy atom. The number of carbonyl (C=O) groups excluding carboxylic acids is 1. The van der Waals surface area contributed by atoms with E-state index in [9.17, 15) is 9.18 Å². The summed E-state index contributed by atoms with van der Waals surface area (Å²) in [6.45, 7) is 3.56. The minimum Gasteiger partial charge on any atom is -0.494 e. The third kappa shape index (κ3) is 6.92. The van der Waals surface area contributed by atoms with Crippen LogP contribution in [0.5, 0.6) is 0 Å². The van der Waals surface area contributed by atoms with Crippen LogP contribution < -0.4 is 0 Å². The van der Waals surface area contributed by atoms with Crippen molar-refractivity contribution >= 4 is 11.5 Å². The van der Waals surface area contributed by atoms with Crippen LogP contribution in [0.4, 0.5) is 4.39 Å². The van der Waals surface area contributed by atoms with E-state index < -0.39 is 0 Å². The normalized spacial score (nSPS) is 18.2. The number of nitriles is 1. The Morgan fingerprint density at radius 1 is 1.15 bits per heavy atom. The molecule has 5 heteroatoms. The lowest BCUT2D eigenvalue weighted by molar-refractivity contribution is 0.0749. The molecule has 1 amide bonds. The van der Waals surface area contributed by atoms with Gasteiger partial charge in [0.05, 0.1) is 12.7 Å². The summed E-state index contributed by atoms with van der Waals surface area (Å²) in [7, 11) is 0. The molecule has 0 heterocycles. The van der Waals surface area contributed by atoms with Crippen molar-refractivity contribution in [1.29, 1.82) is 5.26 Å². The number of ether oxygens (including phenoxy) is 1. The zero-order valence-corrected chi connectivity index (χ0v) is 19.0. The van der Waals surface area contributed by atoms with Crippen molar-refractivity contribution in [3.8, 4) is 6.07 Å². The summed E-state index contributed by atoms with van der Waals surface area (Å²) >= 11 is 0. The maximum atomic E-state index is 13.4. The molecule has 0 N–H and O–H groups in total. The van der Waals surface area contributed by atoms with Gasteiger partial charge in [0.1, 0.15) is 11.6 Å². The van der Waals surface area contributed by atoms with E-state index >= 15 is 0 Å². The summed E-state index contributed by atoms with van der Waals surface area (Å²) in [6, 6.07) is 9.86. The maximum absolute atomic E-state index is 13.4. The number of halogens is 1. The van der Waals surface area contributed by atoms with Crippen molar-refractivity contribution in [3.05, 3.63) is 101 Å². The average molecular weight is 445 g/mol. The van der Waals surface area contributed by atoms with Gasteiger partial charge in [0.15, 0.2) is 0 Å². The first-order valence-electron chi connectivity index (χ1n) is 11.3. The molecule has 2 aliphatic rings. The summed E-state index contributed by atoms with van der Waals surface area (Å²) in [5.41, 5.74) is 3.29. The van der Waals surface area contributed by atoms with Crippen molar-refractivity contribution in [2.45, 2.75) is 32.6 Å². The first kappa shape index (κ1) is 24.0. The van der Waals surface area contributed by atoms with Crippen LogP contribution in [0.3, 0.4) is 0 Å². The second kappa shape index (κ2) is 12.4. The average Bonchev–Trinajstić information content (AvgIpc) is 3.03. The van der Waals surface area contributed by atoms with Crippen LogP contribution in [0.1, 0.15) is 48.5 Å². The quantitative estimate of drug-likeness (QED) is 0.434. The van der Waals surface area contributed by atoms with Gasteiger partial charge in [-0.2, -0.15) is 5.26 Å². The van der Waals surface area contributed by atoms with Crippen LogP contribution in [-0.4, -0.2) is 30.5 Å². The second-order valence-electron chi connectivity index (χ2n) is 7.76. The Morgan fingerprint density at radius 2 is 1.97 bits per heavy atom. The molecule has 4 nitrogen and oxygen atoms in total. The highest BCUT2D eigenvalue weighted by molar-refractivity contribution is 6.00. The van der Waals surface area contributed by atoms with Crippen LogP contribution in [0, 0.1) is 11.3 Å². The predicted molar refractivity (Wildman–Crippen MR) is 130 cm³/mol. The molecule has 3 rings (SSSR count). The predicted octanol–water partition coefficient (Wildman–Crippen LogP) is 6.44. The monoisotopic (exact) mass is 444 g/mol. The highest BCUT2D eigenvalue weighted by Crippen LogP contribution is 2.25. The van der Waals surface area contributed by atoms with Crippen molar-refractivity contribution in [1.82, 2.24) is 4.90 Å². The number of amides is 1. The lowest BCUT2D eigenvalue weighted by Gasteiger charge is -2.23. The maximum Gasteiger partial charge on any atom is 0.254 e. The molecule has 0 aliphatic heterocycles. The molecule has 0 atom stereocenters. The van der Waals surface area contributed by atoms with Crippen LogP contribution in [-0.2, 0) is 4.74 Å². The molecule has 0 saturated heterocycles. The highest BCUT2D eigenvalue weighted by atomic mass is 19.1. The third-order valence-electron chi connectivity index (χ3n) is 5.48. The number of nitrogens with zero attached hydrogens (tertiary/aromatic N) is 2. The number of hydrogen-bond donors (Lipinski definition) is 0. The van der Waals surface area contributed by atoms with Crippen molar-refractivity contribution < 1.29 is 13.9 Å². The standard InChI is InChI=1S/C28H29FN2O2/c1-2-31(19-8-20-33-25-14-7-13-24(29)17-18-25)28(32)27-16-4-3-15-26(27)23-11-5-9-22(21-30)10-6-12-23/h3-5,7,10-12,14-18H,2,6,8-9,13,19-20H2,1H3/b11-5-,22-10+,23-12?. The first-order valence-corrected chi connectivity index (χ1v) is 11.3. The number of hydrogen-bond acceptors (Lipinski definition) is 3. The number of rotatable bonds is 8. The van der Waals surface area contributed by atoms with Crippen LogP contribution >= 0.6 is 0 Å². The lowest BCUT2D eigenvalue weighted by atomic mass is 9.95. The van der Waals surface area contributed by atoms with Gasteiger partial charge in [-0.1, -0.05) is 48.6 Å². The van der Waals surface area contributed by atoms with Gasteiger partial charge in [-0.3, -0.25) is 4.79 Å². The van der Waals surface area contributed by atoms with E-state index in [1.807, 2.05) is 54.3 Å². The fourth-order valence-corrected chi connectivity index (χ4v) is 3.70. The van der Waals surface area contributed by atoms with Gasteiger partial charge in [-0.05, 0) is 55.2 Å². The summed E-state index contributed by atoms with van der Waals surface area (Å²) < 4.78 is 19.0. The topological polar surface area (TPSA) is 53.3 Å². The zero-order valence-electron chi connectivity index (χ0n) is 19.0. The summed E-state index contributed by atoms with van der Waals surface area (Å²) in [5, 5.41) is 9.13. The fraction of sp³-hybridized carbons (Fsp3) is 0.286. The van der Waals surface area contributed by atoms with Crippen molar-refractivity contribution in [2.75, 3.05) is 19.7 Å². The van der Waals surface area contributed by atoms with E-state index in [-0.39, 0.29) is 18.2 Å². The van der Waals surface area contributed by atoms with E-state index in [4.69, 9.17) is 10.00 Å². The molecule has 0 radical (unpaired) electrons. The van der Waals surface area contributed by atoms with E-state index in [0.29, 0.717) is 50.3 Å². The first-order chi connectivity index (χ1) is 16.1. The summed E-state index contributed by atoms with van der Waals surface area (Å²) in [4.78, 5) is 15.2. The van der Waals surface area contributed by atoms with Gasteiger partial charge in [0, 0.05) is 37.1 Å². The molecular weight excluding hydrogens is 415 g/mol. The Bertz CT molecular complexity index is 1080. The molecule has 0 spiro atoms. The summed E-state index contributed by atoms with van der Waals surface area (Å²) in [6.07, 6.45) is 16.7. The molecule has 0 fully saturated rings. The Labute approximate surface area is 195 Å². The molecule has 1 aromatic rings. The number of allylic oxidation sites excluding steroid dienone is 11. The van der Waals surface area contributed by atoms with Crippen molar-refractivity contribution in [3.63, 3.8) is 0 Å². The van der Waals surface area contributed by atoms with Gasteiger partial charge < -0.3 is 9.64 Å². The molecule has 0 aromatic heterocycles. The smallest absolute Gasteiger partial charge is 0.254 e. The van der Waals surface area contributed by atoms with Crippen LogP contribution in [0.15, 0.2) is 90.0 Å². The summed E-state index contributed by atoms with van der Waals surface area (Å²) in [5.74, 6) is 0.414. The highest BCUT2D eigenvalue weighted by Gasteiger charge is 2.18. The molecule has 170 valence electrons. The van der Waals surface area contributed by atoms with E-state index in [1.54, 1.807) is 18.2 Å². The Kier molecular flexibility index (Phi) is 9.02. The van der Waals surface area contributed by atoms with Crippen molar-refractivity contribution in [2.24, 2.45) is 0 Å². The second-order valence-corrected chi connectivity index (χ2v) is 7.76. The van der Waals surface area contributed by atoms with E-state index in [1.165, 1.54) is 6.08 Å². The number of carbonyl (C=O) groups is 1. The molecule has 0 saturated carbocycles. The van der Waals surface area contributed by atoms with Gasteiger partial charge in [-0.25, -0.2) is 4.39 Å².